The lowest BCUT2D eigenvalue weighted by Gasteiger charge is -2.29. The van der Waals surface area contributed by atoms with Gasteiger partial charge in [-0.3, -0.25) is 19.3 Å². The number of rotatable bonds is 14. The highest BCUT2D eigenvalue weighted by atomic mass is 28.3. The monoisotopic (exact) mass is 1740 g/mol. The molecule has 5 amide bonds. The van der Waals surface area contributed by atoms with Crippen LogP contribution < -0.4 is 5.32 Å². The maximum Gasteiger partial charge on any atom is 0.490 e. The van der Waals surface area contributed by atoms with Crippen LogP contribution in [0.4, 0.5) is 22.8 Å². The summed E-state index contributed by atoms with van der Waals surface area (Å²) in [6, 6.07) is 15.1. The highest BCUT2D eigenvalue weighted by Gasteiger charge is 2.41. The van der Waals surface area contributed by atoms with Crippen molar-refractivity contribution in [2.24, 2.45) is 29.6 Å². The van der Waals surface area contributed by atoms with E-state index in [2.05, 4.69) is 216 Å². The molecule has 1 aliphatic carbocycles. The number of nitrogens with zero attached hydrogens (tertiary/aromatic N) is 9. The van der Waals surface area contributed by atoms with Gasteiger partial charge in [-0.1, -0.05) is 150 Å². The van der Waals surface area contributed by atoms with E-state index in [0.29, 0.717) is 48.1 Å². The standard InChI is InChI=1S/C42H47N7O5.C20H29N3OSi.C17H21N3O.C15H20N2Si.C2HF3O2/c1-27(2)36(47-40(51)53-6)39(50)48-22-12-18-34(48)37-43-25-31(45-37)17-11-10-16-29-20-21-30(24-32(29)28-14-8-7-9-15-28)33-26-44-38(46-33)35-19-13-23-49(35)41(52)54-42(3,4)5;1-15(2)16(3)20(24)23-12-9-11-18(23)19-21-14-17(22-19)10-7-8-13-25(4,5)6;1-5-6-8-14-11-18-16(19-14)15-9-7-10-20(15)17(21)13(4)12(2)3;1-18(2,3)11-7-6-10-14-12-16-15(17-14)13-8-4-5-9-13;3-2(4,5)1(6)7/h7-9,14-15,20-21,24-27,34-36H,12-13,18-19,22-23H2,1-6H3,(H,43,45)(H,44,46)(H,47,51);14-16,18H,9,11-12H2,1-6H3,(H,21,22);1,11-13,15H,7,9-10H2,2-4H3,(H,18,19);12-13H,4-5,8-9H2,1-3H3,(H,16,17);(H,6,7)/t34-,35-,36-;16-,18-;13-,15-;;/m000../s1. The average Bonchev–Trinajstić information content (AvgIpc) is 1.73. The Balaban J connectivity index is 0.000000225. The minimum absolute atomic E-state index is 0.0279. The number of alkyl halides is 3. The van der Waals surface area contributed by atoms with Gasteiger partial charge in [-0.25, -0.2) is 39.3 Å². The smallest absolute Gasteiger partial charge is 0.475 e. The number of alkyl carbamates (subject to hydrolysis) is 1. The van der Waals surface area contributed by atoms with Crippen LogP contribution in [0.15, 0.2) is 79.5 Å². The van der Waals surface area contributed by atoms with E-state index in [4.69, 9.17) is 25.8 Å². The number of ether oxygens (including phenoxy) is 2. The van der Waals surface area contributed by atoms with Crippen molar-refractivity contribution in [3.8, 4) is 117 Å². The molecule has 7 aromatic rings. The third-order valence-electron chi connectivity index (χ3n) is 21.4. The number of hydrogen-bond acceptors (Lipinski definition) is 13. The number of hydrogen-bond donors (Lipinski definition) is 7. The van der Waals surface area contributed by atoms with Crippen molar-refractivity contribution in [1.29, 1.82) is 0 Å². The molecule has 0 radical (unpaired) electrons. The van der Waals surface area contributed by atoms with Crippen LogP contribution in [0.25, 0.3) is 22.4 Å². The number of benzene rings is 2. The fraction of sp³-hybridized carbons (Fsp3) is 0.490. The maximum atomic E-state index is 13.5. The molecule has 12 rings (SSSR count). The molecule has 9 heterocycles. The molecule has 1 saturated carbocycles. The molecule has 2 aromatic carbocycles. The number of amides is 5. The van der Waals surface area contributed by atoms with Gasteiger partial charge in [-0.2, -0.15) is 13.2 Å². The van der Waals surface area contributed by atoms with Gasteiger partial charge < -0.3 is 59.5 Å². The molecule has 0 spiro atoms. The van der Waals surface area contributed by atoms with E-state index < -0.39 is 46.0 Å². The van der Waals surface area contributed by atoms with Crippen LogP contribution in [0.5, 0.6) is 0 Å². The molecule has 0 bridgehead atoms. The second-order valence-corrected chi connectivity index (χ2v) is 45.0. The number of carboxylic acid groups (broad SMARTS) is 1. The Morgan fingerprint density at radius 2 is 0.888 bits per heavy atom. The number of nitrogens with one attached hydrogen (secondary N) is 6. The lowest BCUT2D eigenvalue weighted by Crippen LogP contribution is -2.51. The number of imidazole rings is 5. The predicted molar refractivity (Wildman–Crippen MR) is 482 cm³/mol. The van der Waals surface area contributed by atoms with Gasteiger partial charge in [0.15, 0.2) is 0 Å². The summed E-state index contributed by atoms with van der Waals surface area (Å²) >= 11 is 0. The van der Waals surface area contributed by atoms with E-state index in [0.717, 1.165) is 127 Å². The molecule has 5 fully saturated rings. The van der Waals surface area contributed by atoms with Crippen molar-refractivity contribution < 1.29 is 56.5 Å². The number of terminal acetylenes is 1. The summed E-state index contributed by atoms with van der Waals surface area (Å²) in [5.74, 6) is 40.6. The number of methoxy groups -OCH3 is 1. The highest BCUT2D eigenvalue weighted by molar-refractivity contribution is 6.84. The van der Waals surface area contributed by atoms with Gasteiger partial charge >= 0.3 is 24.3 Å². The van der Waals surface area contributed by atoms with Crippen molar-refractivity contribution >= 4 is 52.0 Å². The van der Waals surface area contributed by atoms with E-state index >= 15 is 0 Å². The Morgan fingerprint density at radius 1 is 0.496 bits per heavy atom. The Hall–Kier alpha value is -12.4. The molecule has 5 aromatic heterocycles. The molecule has 0 unspecified atom stereocenters. The fourth-order valence-electron chi connectivity index (χ4n) is 14.3. The first kappa shape index (κ1) is 98.1. The van der Waals surface area contributed by atoms with Crippen LogP contribution in [0.2, 0.25) is 39.3 Å². The highest BCUT2D eigenvalue weighted by Crippen LogP contribution is 2.39. The first-order valence-corrected chi connectivity index (χ1v) is 49.7. The number of aliphatic carboxylic acids is 1. The van der Waals surface area contributed by atoms with Crippen molar-refractivity contribution in [3.05, 3.63) is 137 Å². The Bertz CT molecular complexity index is 5410. The molecule has 4 saturated heterocycles. The largest absolute Gasteiger partial charge is 0.490 e. The number of carboxylic acids is 1. The molecule has 24 nitrogen and oxygen atoms in total. The van der Waals surface area contributed by atoms with Crippen molar-refractivity contribution in [2.45, 2.75) is 240 Å². The van der Waals surface area contributed by atoms with Gasteiger partial charge in [0.2, 0.25) is 17.7 Å². The average molecular weight is 1740 g/mol. The Morgan fingerprint density at radius 3 is 1.30 bits per heavy atom. The molecular formula is C96H118F3N15O9Si2. The molecule has 29 heteroatoms. The molecule has 7 atom stereocenters. The second-order valence-electron chi connectivity index (χ2n) is 35.5. The van der Waals surface area contributed by atoms with Crippen LogP contribution >= 0.6 is 0 Å². The summed E-state index contributed by atoms with van der Waals surface area (Å²) in [6.45, 7) is 37.8. The molecule has 7 N–H and O–H groups in total. The third kappa shape index (κ3) is 29.7. The summed E-state index contributed by atoms with van der Waals surface area (Å²) in [5, 5.41) is 9.80. The van der Waals surface area contributed by atoms with E-state index in [1.54, 1.807) is 28.4 Å². The zero-order valence-corrected chi connectivity index (χ0v) is 77.1. The number of aromatic amines is 5. The Kier molecular flexibility index (Phi) is 35.5. The summed E-state index contributed by atoms with van der Waals surface area (Å²) in [5.41, 5.74) is 13.4. The zero-order valence-electron chi connectivity index (χ0n) is 75.1. The van der Waals surface area contributed by atoms with Crippen LogP contribution in [0.3, 0.4) is 0 Å². The summed E-state index contributed by atoms with van der Waals surface area (Å²) in [4.78, 5) is 119. The molecule has 125 heavy (non-hydrogen) atoms. The van der Waals surface area contributed by atoms with Crippen LogP contribution in [-0.2, 0) is 28.7 Å². The predicted octanol–water partition coefficient (Wildman–Crippen LogP) is 16.9. The summed E-state index contributed by atoms with van der Waals surface area (Å²) in [6.07, 6.45) is 20.1. The number of H-pyrrole nitrogens is 5. The first-order chi connectivity index (χ1) is 59.1. The number of carbonyl (C=O) groups excluding carboxylic acids is 5. The number of halogens is 3. The number of carbonyl (C=O) groups is 6. The quantitative estimate of drug-likeness (QED) is 0.0393. The van der Waals surface area contributed by atoms with Crippen molar-refractivity contribution in [3.63, 3.8) is 0 Å². The van der Waals surface area contributed by atoms with Crippen LogP contribution in [0.1, 0.15) is 241 Å². The van der Waals surface area contributed by atoms with Crippen molar-refractivity contribution in [1.82, 2.24) is 74.8 Å². The SMILES string of the molecule is C#CC#Cc1cnc([C@@H]2CCCN2C(=O)[C@@H](C)C(C)C)[nH]1.CC(C)[C@H](C)C(=O)N1CCC[C@H]1c1ncc(C#CC#C[Si](C)(C)C)[nH]1.COC(=O)N[C@H](C(=O)N1CCC[C@H]1c1ncc(C#CC#Cc2ccc(-c3cnc([C@@H]4CCCN4C(=O)OC(C)(C)C)[nH]3)cc2-c2ccccc2)[nH]1)C(C)C.C[Si](C)(C)C#CC#Cc1cnc(C2CCCC2)[nH]1.O=C(O)C(F)(F)F. The fourth-order valence-corrected chi connectivity index (χ4v) is 15.2. The van der Waals surface area contributed by atoms with E-state index in [9.17, 15) is 37.1 Å². The first-order valence-electron chi connectivity index (χ1n) is 42.7. The van der Waals surface area contributed by atoms with Gasteiger partial charge in [-0.05, 0) is 197 Å². The second kappa shape index (κ2) is 45.3. The molecule has 5 aliphatic rings. The summed E-state index contributed by atoms with van der Waals surface area (Å²) in [7, 11) is -1.41. The minimum Gasteiger partial charge on any atom is -0.475 e. The van der Waals surface area contributed by atoms with E-state index in [1.807, 2.05) is 113 Å². The minimum atomic E-state index is -5.08. The van der Waals surface area contributed by atoms with Crippen molar-refractivity contribution in [2.75, 3.05) is 33.3 Å². The van der Waals surface area contributed by atoms with Gasteiger partial charge in [0.1, 0.15) is 79.7 Å². The molecular weight excluding hydrogens is 1620 g/mol. The number of likely N-dealkylation sites (tertiary alicyclic amines) is 4. The number of aromatic nitrogens is 10. The van der Waals surface area contributed by atoms with Crippen LogP contribution in [0, 0.1) is 124 Å². The molecule has 4 aliphatic heterocycles. The van der Waals surface area contributed by atoms with E-state index in [1.165, 1.54) is 32.8 Å². The van der Waals surface area contributed by atoms with Crippen LogP contribution in [-0.4, -0.2) is 178 Å². The normalized spacial score (nSPS) is 17.2. The van der Waals surface area contributed by atoms with E-state index in [-0.39, 0.29) is 65.7 Å². The van der Waals surface area contributed by atoms with Gasteiger partial charge in [0, 0.05) is 55.1 Å². The lowest BCUT2D eigenvalue weighted by atomic mass is 9.96. The van der Waals surface area contributed by atoms with Gasteiger partial charge in [0.25, 0.3) is 0 Å². The summed E-state index contributed by atoms with van der Waals surface area (Å²) < 4.78 is 42.1. The topological polar surface area (TPSA) is 310 Å². The maximum absolute atomic E-state index is 13.5. The van der Waals surface area contributed by atoms with Gasteiger partial charge in [-0.15, -0.1) is 17.5 Å². The molecule has 660 valence electrons. The zero-order chi connectivity index (χ0) is 91.5. The lowest BCUT2D eigenvalue weighted by molar-refractivity contribution is -0.192. The third-order valence-corrected chi connectivity index (χ3v) is 23.2. The van der Waals surface area contributed by atoms with Gasteiger partial charge in [0.05, 0.1) is 68.0 Å². The Labute approximate surface area is 736 Å².